The maximum absolute atomic E-state index is 13.6. The number of carbonyl (C=O) groups is 2. The lowest BCUT2D eigenvalue weighted by atomic mass is 9.98. The second kappa shape index (κ2) is 11.6. The van der Waals surface area contributed by atoms with E-state index in [1.807, 2.05) is 26.2 Å². The normalized spacial score (nSPS) is 14.1. The first kappa shape index (κ1) is 25.1. The van der Waals surface area contributed by atoms with Crippen LogP contribution >= 0.6 is 0 Å². The summed E-state index contributed by atoms with van der Waals surface area (Å²) in [7, 11) is 4.04. The second-order valence-corrected chi connectivity index (χ2v) is 9.07. The van der Waals surface area contributed by atoms with E-state index in [0.717, 1.165) is 28.5 Å². The molecule has 1 amide bonds. The molecule has 0 saturated carbocycles. The quantitative estimate of drug-likeness (QED) is 0.458. The standard InChI is InChI=1S/C29H31N3O4/c1-31(2)26-10-8-24(9-11-26)23-6-3-22(4-7-23)20-32(29(35)25-14-17-36-18-15-25)27-19-21(13-16-30-27)5-12-28(33)34/h3-13,16,19,25H,14-15,17-18,20H2,1-2H3,(H,33,34)/b12-5+. The molecule has 4 rings (SSSR count). The van der Waals surface area contributed by atoms with Crippen LogP contribution in [0, 0.1) is 5.92 Å². The fraction of sp³-hybridized carbons (Fsp3) is 0.276. The molecule has 1 aliphatic heterocycles. The average Bonchev–Trinajstić information content (AvgIpc) is 2.91. The minimum Gasteiger partial charge on any atom is -0.478 e. The van der Waals surface area contributed by atoms with Crippen molar-refractivity contribution >= 4 is 29.5 Å². The number of pyridine rings is 1. The summed E-state index contributed by atoms with van der Waals surface area (Å²) in [5, 5.41) is 8.97. The van der Waals surface area contributed by atoms with Gasteiger partial charge in [-0.1, -0.05) is 36.4 Å². The number of carbonyl (C=O) groups excluding carboxylic acids is 1. The van der Waals surface area contributed by atoms with Crippen LogP contribution in [0.2, 0.25) is 0 Å². The van der Waals surface area contributed by atoms with E-state index < -0.39 is 5.97 Å². The molecular weight excluding hydrogens is 454 g/mol. The zero-order valence-electron chi connectivity index (χ0n) is 20.6. The smallest absolute Gasteiger partial charge is 0.328 e. The van der Waals surface area contributed by atoms with Crippen LogP contribution < -0.4 is 9.80 Å². The van der Waals surface area contributed by atoms with Gasteiger partial charge < -0.3 is 14.7 Å². The summed E-state index contributed by atoms with van der Waals surface area (Å²) < 4.78 is 5.45. The van der Waals surface area contributed by atoms with Crippen molar-refractivity contribution in [3.05, 3.63) is 84.1 Å². The van der Waals surface area contributed by atoms with E-state index >= 15 is 0 Å². The monoisotopic (exact) mass is 485 g/mol. The van der Waals surface area contributed by atoms with Gasteiger partial charge in [0, 0.05) is 51.2 Å². The highest BCUT2D eigenvalue weighted by atomic mass is 16.5. The van der Waals surface area contributed by atoms with Gasteiger partial charge >= 0.3 is 5.97 Å². The van der Waals surface area contributed by atoms with Crippen molar-refractivity contribution in [2.75, 3.05) is 37.1 Å². The maximum Gasteiger partial charge on any atom is 0.328 e. The molecule has 3 aromatic rings. The third kappa shape index (κ3) is 6.37. The van der Waals surface area contributed by atoms with Gasteiger partial charge in [-0.05, 0) is 65.4 Å². The number of hydrogen-bond acceptors (Lipinski definition) is 5. The number of aliphatic carboxylic acids is 1. The van der Waals surface area contributed by atoms with E-state index in [4.69, 9.17) is 9.84 Å². The lowest BCUT2D eigenvalue weighted by Crippen LogP contribution is -2.38. The Morgan fingerprint density at radius 2 is 1.64 bits per heavy atom. The molecule has 2 heterocycles. The largest absolute Gasteiger partial charge is 0.478 e. The van der Waals surface area contributed by atoms with Crippen LogP contribution in [0.15, 0.2) is 72.9 Å². The molecule has 0 bridgehead atoms. The highest BCUT2D eigenvalue weighted by Crippen LogP contribution is 2.26. The molecule has 1 aromatic heterocycles. The molecule has 0 radical (unpaired) electrons. The number of nitrogens with zero attached hydrogens (tertiary/aromatic N) is 3. The molecule has 1 fully saturated rings. The summed E-state index contributed by atoms with van der Waals surface area (Å²) in [6.07, 6.45) is 5.53. The Kier molecular flexibility index (Phi) is 8.13. The van der Waals surface area contributed by atoms with Gasteiger partial charge in [0.2, 0.25) is 5.91 Å². The zero-order valence-corrected chi connectivity index (χ0v) is 20.6. The van der Waals surface area contributed by atoms with Crippen LogP contribution in [-0.2, 0) is 20.9 Å². The second-order valence-electron chi connectivity index (χ2n) is 9.07. The highest BCUT2D eigenvalue weighted by Gasteiger charge is 2.28. The third-order valence-electron chi connectivity index (χ3n) is 6.31. The van der Waals surface area contributed by atoms with Crippen molar-refractivity contribution in [3.63, 3.8) is 0 Å². The van der Waals surface area contributed by atoms with Gasteiger partial charge in [-0.25, -0.2) is 9.78 Å². The summed E-state index contributed by atoms with van der Waals surface area (Å²) >= 11 is 0. The van der Waals surface area contributed by atoms with E-state index in [1.54, 1.807) is 23.2 Å². The Hall–Kier alpha value is -3.97. The Morgan fingerprint density at radius 1 is 1.00 bits per heavy atom. The lowest BCUT2D eigenvalue weighted by Gasteiger charge is -2.29. The van der Waals surface area contributed by atoms with Crippen molar-refractivity contribution in [1.29, 1.82) is 0 Å². The SMILES string of the molecule is CN(C)c1ccc(-c2ccc(CN(C(=O)C3CCOCC3)c3cc(/C=C/C(=O)O)ccn3)cc2)cc1. The minimum atomic E-state index is -1.03. The van der Waals surface area contributed by atoms with E-state index in [1.165, 1.54) is 6.08 Å². The van der Waals surface area contributed by atoms with E-state index in [0.29, 0.717) is 44.0 Å². The summed E-state index contributed by atoms with van der Waals surface area (Å²) in [5.74, 6) is -0.649. The van der Waals surface area contributed by atoms with Crippen LogP contribution in [0.3, 0.4) is 0 Å². The third-order valence-corrected chi connectivity index (χ3v) is 6.31. The Labute approximate surface area is 211 Å². The number of ether oxygens (including phenoxy) is 1. The van der Waals surface area contributed by atoms with Crippen LogP contribution in [0.1, 0.15) is 24.0 Å². The number of benzene rings is 2. The van der Waals surface area contributed by atoms with Gasteiger partial charge in [0.1, 0.15) is 5.82 Å². The van der Waals surface area contributed by atoms with E-state index in [2.05, 4.69) is 46.3 Å². The molecule has 0 atom stereocenters. The molecule has 36 heavy (non-hydrogen) atoms. The fourth-order valence-corrected chi connectivity index (χ4v) is 4.23. The molecule has 0 unspecified atom stereocenters. The molecule has 2 aromatic carbocycles. The first-order chi connectivity index (χ1) is 17.4. The van der Waals surface area contributed by atoms with Gasteiger partial charge in [-0.3, -0.25) is 9.69 Å². The van der Waals surface area contributed by atoms with Gasteiger partial charge in [0.05, 0.1) is 6.54 Å². The number of anilines is 2. The molecule has 7 nitrogen and oxygen atoms in total. The van der Waals surface area contributed by atoms with E-state index in [-0.39, 0.29) is 11.8 Å². The summed E-state index contributed by atoms with van der Waals surface area (Å²) in [5.41, 5.74) is 5.03. The predicted octanol–water partition coefficient (Wildman–Crippen LogP) is 4.87. The van der Waals surface area contributed by atoms with Crippen LogP contribution in [0.4, 0.5) is 11.5 Å². The maximum atomic E-state index is 13.6. The van der Waals surface area contributed by atoms with E-state index in [9.17, 15) is 9.59 Å². The van der Waals surface area contributed by atoms with Crippen molar-refractivity contribution in [2.45, 2.75) is 19.4 Å². The number of amides is 1. The van der Waals surface area contributed by atoms with Crippen molar-refractivity contribution in [1.82, 2.24) is 4.98 Å². The first-order valence-electron chi connectivity index (χ1n) is 12.0. The Balaban J connectivity index is 1.58. The van der Waals surface area contributed by atoms with Gasteiger partial charge in [-0.15, -0.1) is 0 Å². The van der Waals surface area contributed by atoms with Gasteiger partial charge in [0.25, 0.3) is 0 Å². The molecule has 7 heteroatoms. The van der Waals surface area contributed by atoms with Gasteiger partial charge in [0.15, 0.2) is 0 Å². The van der Waals surface area contributed by atoms with Crippen molar-refractivity contribution in [3.8, 4) is 11.1 Å². The molecule has 1 saturated heterocycles. The zero-order chi connectivity index (χ0) is 25.5. The van der Waals surface area contributed by atoms with Crippen LogP contribution in [-0.4, -0.2) is 49.3 Å². The molecule has 0 aliphatic carbocycles. The fourth-order valence-electron chi connectivity index (χ4n) is 4.23. The number of rotatable bonds is 8. The molecule has 1 N–H and O–H groups in total. The average molecular weight is 486 g/mol. The highest BCUT2D eigenvalue weighted by molar-refractivity contribution is 5.94. The molecular formula is C29H31N3O4. The number of carboxylic acid groups (broad SMARTS) is 1. The summed E-state index contributed by atoms with van der Waals surface area (Å²) in [6, 6.07) is 20.1. The predicted molar refractivity (Wildman–Crippen MR) is 142 cm³/mol. The first-order valence-corrected chi connectivity index (χ1v) is 12.0. The number of aromatic nitrogens is 1. The minimum absolute atomic E-state index is 0.00788. The van der Waals surface area contributed by atoms with Crippen LogP contribution in [0.5, 0.6) is 0 Å². The number of carboxylic acids is 1. The van der Waals surface area contributed by atoms with Crippen molar-refractivity contribution < 1.29 is 19.4 Å². The van der Waals surface area contributed by atoms with Crippen molar-refractivity contribution in [2.24, 2.45) is 5.92 Å². The summed E-state index contributed by atoms with van der Waals surface area (Å²) in [6.45, 7) is 1.51. The molecule has 186 valence electrons. The lowest BCUT2D eigenvalue weighted by molar-refractivity contribution is -0.131. The van der Waals surface area contributed by atoms with Gasteiger partial charge in [-0.2, -0.15) is 0 Å². The molecule has 1 aliphatic rings. The topological polar surface area (TPSA) is 83.0 Å². The Bertz CT molecular complexity index is 1210. The number of hydrogen-bond donors (Lipinski definition) is 1. The molecule has 0 spiro atoms. The van der Waals surface area contributed by atoms with Crippen LogP contribution in [0.25, 0.3) is 17.2 Å². The Morgan fingerprint density at radius 3 is 2.25 bits per heavy atom. The summed E-state index contributed by atoms with van der Waals surface area (Å²) in [4.78, 5) is 32.7.